The number of aromatic nitrogens is 2. The first-order chi connectivity index (χ1) is 12.6. The first kappa shape index (κ1) is 16.7. The van der Waals surface area contributed by atoms with Gasteiger partial charge in [0, 0.05) is 32.5 Å². The zero-order valence-electron chi connectivity index (χ0n) is 14.8. The van der Waals surface area contributed by atoms with Crippen molar-refractivity contribution in [3.05, 3.63) is 59.9 Å². The molecular formula is C20H22N4O2. The quantitative estimate of drug-likeness (QED) is 0.832. The van der Waals surface area contributed by atoms with Crippen LogP contribution in [0.2, 0.25) is 0 Å². The molecule has 26 heavy (non-hydrogen) atoms. The van der Waals surface area contributed by atoms with Crippen LogP contribution in [0.1, 0.15) is 41.1 Å². The number of likely N-dealkylation sites (N-methyl/N-ethyl adjacent to an activating group) is 1. The smallest absolute Gasteiger partial charge is 0.255 e. The number of piperidine rings is 1. The summed E-state index contributed by atoms with van der Waals surface area (Å²) in [6.45, 7) is 1.28. The highest BCUT2D eigenvalue weighted by Crippen LogP contribution is 2.48. The molecule has 1 atom stereocenters. The predicted molar refractivity (Wildman–Crippen MR) is 96.5 cm³/mol. The molecular weight excluding hydrogens is 328 g/mol. The van der Waals surface area contributed by atoms with Crippen LogP contribution in [0.15, 0.2) is 48.8 Å². The molecule has 0 aliphatic carbocycles. The number of nitrogens with zero attached hydrogens (tertiary/aromatic N) is 4. The van der Waals surface area contributed by atoms with Gasteiger partial charge in [0.2, 0.25) is 5.91 Å². The van der Waals surface area contributed by atoms with Gasteiger partial charge in [0.15, 0.2) is 0 Å². The zero-order chi connectivity index (χ0) is 18.1. The molecule has 1 spiro atoms. The van der Waals surface area contributed by atoms with Crippen molar-refractivity contribution in [1.29, 1.82) is 0 Å². The Morgan fingerprint density at radius 2 is 1.85 bits per heavy atom. The summed E-state index contributed by atoms with van der Waals surface area (Å²) in [4.78, 5) is 29.0. The van der Waals surface area contributed by atoms with Crippen molar-refractivity contribution in [3.63, 3.8) is 0 Å². The van der Waals surface area contributed by atoms with Crippen LogP contribution in [0.5, 0.6) is 0 Å². The largest absolute Gasteiger partial charge is 0.339 e. The number of amides is 2. The van der Waals surface area contributed by atoms with Gasteiger partial charge in [-0.3, -0.25) is 9.59 Å². The van der Waals surface area contributed by atoms with Crippen LogP contribution in [0.4, 0.5) is 0 Å². The van der Waals surface area contributed by atoms with Gasteiger partial charge in [0.05, 0.1) is 23.5 Å². The molecule has 1 unspecified atom stereocenters. The lowest BCUT2D eigenvalue weighted by molar-refractivity contribution is -0.130. The van der Waals surface area contributed by atoms with Crippen molar-refractivity contribution in [3.8, 4) is 0 Å². The second-order valence-corrected chi connectivity index (χ2v) is 7.15. The van der Waals surface area contributed by atoms with Crippen LogP contribution in [0.3, 0.4) is 0 Å². The van der Waals surface area contributed by atoms with Gasteiger partial charge in [-0.15, -0.1) is 0 Å². The van der Waals surface area contributed by atoms with Gasteiger partial charge in [0.1, 0.15) is 0 Å². The minimum Gasteiger partial charge on any atom is -0.339 e. The van der Waals surface area contributed by atoms with Crippen molar-refractivity contribution < 1.29 is 9.59 Å². The van der Waals surface area contributed by atoms with Gasteiger partial charge in [-0.1, -0.05) is 30.3 Å². The fourth-order valence-corrected chi connectivity index (χ4v) is 4.48. The van der Waals surface area contributed by atoms with Crippen LogP contribution in [0, 0.1) is 0 Å². The maximum absolute atomic E-state index is 12.7. The van der Waals surface area contributed by atoms with E-state index in [4.69, 9.17) is 0 Å². The van der Waals surface area contributed by atoms with Gasteiger partial charge >= 0.3 is 0 Å². The third-order valence-corrected chi connectivity index (χ3v) is 6.02. The molecule has 1 aromatic heterocycles. The maximum Gasteiger partial charge on any atom is 0.255 e. The summed E-state index contributed by atoms with van der Waals surface area (Å²) in [5, 5.41) is 7.52. The normalized spacial score (nSPS) is 22.0. The monoisotopic (exact) mass is 350 g/mol. The lowest BCUT2D eigenvalue weighted by Crippen LogP contribution is -2.55. The second-order valence-electron chi connectivity index (χ2n) is 7.15. The van der Waals surface area contributed by atoms with E-state index >= 15 is 0 Å². The highest BCUT2D eigenvalue weighted by molar-refractivity contribution is 5.94. The molecule has 1 aromatic carbocycles. The molecule has 0 bridgehead atoms. The lowest BCUT2D eigenvalue weighted by Gasteiger charge is -2.46. The number of hydrogen-bond donors (Lipinski definition) is 0. The van der Waals surface area contributed by atoms with Gasteiger partial charge in [-0.05, 0) is 24.5 Å². The van der Waals surface area contributed by atoms with Gasteiger partial charge in [0.25, 0.3) is 5.91 Å². The highest BCUT2D eigenvalue weighted by Gasteiger charge is 2.52. The van der Waals surface area contributed by atoms with E-state index < -0.39 is 0 Å². The summed E-state index contributed by atoms with van der Waals surface area (Å²) >= 11 is 0. The number of benzene rings is 1. The summed E-state index contributed by atoms with van der Waals surface area (Å²) in [6, 6.07) is 12.0. The molecule has 0 radical (unpaired) electrons. The molecule has 2 fully saturated rings. The minimum atomic E-state index is -0.203. The Bertz CT molecular complexity index is 801. The summed E-state index contributed by atoms with van der Waals surface area (Å²) < 4.78 is 0. The predicted octanol–water partition coefficient (Wildman–Crippen LogP) is 2.10. The molecule has 3 heterocycles. The molecule has 6 heteroatoms. The molecule has 0 N–H and O–H groups in total. The van der Waals surface area contributed by atoms with Gasteiger partial charge in [-0.2, -0.15) is 10.2 Å². The average molecular weight is 350 g/mol. The fraction of sp³-hybridized carbons (Fsp3) is 0.400. The van der Waals surface area contributed by atoms with E-state index in [9.17, 15) is 9.59 Å². The molecule has 2 aliphatic heterocycles. The third kappa shape index (κ3) is 2.66. The number of carbonyl (C=O) groups excluding carboxylic acids is 2. The highest BCUT2D eigenvalue weighted by atomic mass is 16.2. The van der Waals surface area contributed by atoms with Gasteiger partial charge < -0.3 is 9.80 Å². The van der Waals surface area contributed by atoms with E-state index in [-0.39, 0.29) is 23.3 Å². The lowest BCUT2D eigenvalue weighted by atomic mass is 9.73. The minimum absolute atomic E-state index is 0.0158. The van der Waals surface area contributed by atoms with E-state index in [1.165, 1.54) is 18.0 Å². The summed E-state index contributed by atoms with van der Waals surface area (Å²) in [5.41, 5.74) is 1.57. The van der Waals surface area contributed by atoms with E-state index in [1.807, 2.05) is 35.0 Å². The van der Waals surface area contributed by atoms with Crippen molar-refractivity contribution in [2.24, 2.45) is 0 Å². The number of rotatable bonds is 2. The Hall–Kier alpha value is -2.76. The topological polar surface area (TPSA) is 66.4 Å². The molecule has 2 aromatic rings. The standard InChI is InChI=1S/C20H22N4O2/c1-23-18(25)13-17(15-5-3-2-4-6-15)20(23)8-11-24(12-9-20)19(26)16-7-10-21-22-14-16/h2-7,10,14,17H,8-9,11-13H2,1H3. The third-order valence-electron chi connectivity index (χ3n) is 6.02. The van der Waals surface area contributed by atoms with Crippen molar-refractivity contribution in [2.75, 3.05) is 20.1 Å². The van der Waals surface area contributed by atoms with E-state index in [2.05, 4.69) is 22.3 Å². The number of likely N-dealkylation sites (tertiary alicyclic amines) is 2. The Kier molecular flexibility index (Phi) is 4.18. The zero-order valence-corrected chi connectivity index (χ0v) is 14.8. The van der Waals surface area contributed by atoms with Crippen LogP contribution < -0.4 is 0 Å². The molecule has 6 nitrogen and oxygen atoms in total. The summed E-state index contributed by atoms with van der Waals surface area (Å²) in [6.07, 6.45) is 5.17. The van der Waals surface area contributed by atoms with E-state index in [0.29, 0.717) is 25.1 Å². The first-order valence-corrected chi connectivity index (χ1v) is 8.99. The molecule has 4 rings (SSSR count). The average Bonchev–Trinajstić information content (AvgIpc) is 2.94. The molecule has 2 saturated heterocycles. The Morgan fingerprint density at radius 3 is 2.50 bits per heavy atom. The Labute approximate surface area is 152 Å². The van der Waals surface area contributed by atoms with Crippen molar-refractivity contribution >= 4 is 11.8 Å². The van der Waals surface area contributed by atoms with Crippen molar-refractivity contribution in [1.82, 2.24) is 20.0 Å². The molecule has 0 saturated carbocycles. The first-order valence-electron chi connectivity index (χ1n) is 8.99. The number of hydrogen-bond acceptors (Lipinski definition) is 4. The van der Waals surface area contributed by atoms with Crippen LogP contribution in [-0.4, -0.2) is 57.5 Å². The van der Waals surface area contributed by atoms with Crippen LogP contribution in [-0.2, 0) is 4.79 Å². The Morgan fingerprint density at radius 1 is 1.12 bits per heavy atom. The SMILES string of the molecule is CN1C(=O)CC(c2ccccc2)C12CCN(C(=O)c1ccnnc1)CC2. The molecule has 134 valence electrons. The van der Waals surface area contributed by atoms with Crippen molar-refractivity contribution in [2.45, 2.75) is 30.7 Å². The fourth-order valence-electron chi connectivity index (χ4n) is 4.48. The molecule has 2 aliphatic rings. The van der Waals surface area contributed by atoms with Crippen LogP contribution in [0.25, 0.3) is 0 Å². The van der Waals surface area contributed by atoms with Gasteiger partial charge in [-0.25, -0.2) is 0 Å². The summed E-state index contributed by atoms with van der Waals surface area (Å²) in [5.74, 6) is 0.357. The summed E-state index contributed by atoms with van der Waals surface area (Å²) in [7, 11) is 1.91. The molecule has 2 amide bonds. The van der Waals surface area contributed by atoms with E-state index in [0.717, 1.165) is 12.8 Å². The van der Waals surface area contributed by atoms with Crippen LogP contribution >= 0.6 is 0 Å². The van der Waals surface area contributed by atoms with E-state index in [1.54, 1.807) is 6.07 Å². The number of carbonyl (C=O) groups is 2. The Balaban J connectivity index is 1.56. The maximum atomic E-state index is 12.7. The second kappa shape index (κ2) is 6.52.